The number of nitrogens with zero attached hydrogens (tertiary/aromatic N) is 4. The molecule has 24 heavy (non-hydrogen) atoms. The van der Waals surface area contributed by atoms with Crippen LogP contribution >= 0.6 is 0 Å². The largest absolute Gasteiger partial charge is 0.382 e. The maximum absolute atomic E-state index is 12.1. The molecule has 5 N–H and O–H groups in total. The SMILES string of the molecule is CCNC(=O)[C@H]1OC(n2cnc3c(N)ncnc32)[C@H](OO)[C@@H]1OO. The minimum Gasteiger partial charge on any atom is -0.382 e. The number of hydrogen-bond donors (Lipinski definition) is 4. The van der Waals surface area contributed by atoms with Crippen molar-refractivity contribution in [1.29, 1.82) is 0 Å². The molecule has 2 aromatic rings. The van der Waals surface area contributed by atoms with Gasteiger partial charge in [0.1, 0.15) is 11.8 Å². The number of nitrogens with one attached hydrogen (secondary N) is 1. The number of rotatable bonds is 5. The molecule has 0 aromatic carbocycles. The molecule has 0 spiro atoms. The molecule has 0 bridgehead atoms. The molecule has 3 heterocycles. The Labute approximate surface area is 135 Å². The molecular formula is C12H16N6O6. The first-order valence-electron chi connectivity index (χ1n) is 7.09. The first-order valence-corrected chi connectivity index (χ1v) is 7.09. The standard InChI is InChI=1S/C12H16N6O6/c1-2-14-11(19)7-6(23-20)8(24-21)12(22-7)18-4-17-5-9(13)15-3-16-10(5)18/h3-4,6-8,12,20-21H,2H2,1H3,(H,14,19)(H2,13,15,16)/t6-,7+,8-,12?/m1/s1. The number of hydrogen-bond acceptors (Lipinski definition) is 10. The molecule has 0 aliphatic carbocycles. The summed E-state index contributed by atoms with van der Waals surface area (Å²) < 4.78 is 7.02. The second kappa shape index (κ2) is 6.62. The lowest BCUT2D eigenvalue weighted by Crippen LogP contribution is -2.44. The predicted octanol–water partition coefficient (Wildman–Crippen LogP) is -0.842. The van der Waals surface area contributed by atoms with Gasteiger partial charge >= 0.3 is 0 Å². The number of carbonyl (C=O) groups is 1. The Balaban J connectivity index is 1.99. The summed E-state index contributed by atoms with van der Waals surface area (Å²) in [4.78, 5) is 32.7. The predicted molar refractivity (Wildman–Crippen MR) is 77.3 cm³/mol. The smallest absolute Gasteiger partial charge is 0.252 e. The van der Waals surface area contributed by atoms with Gasteiger partial charge in [-0.3, -0.25) is 19.9 Å². The highest BCUT2D eigenvalue weighted by Gasteiger charge is 2.52. The third kappa shape index (κ3) is 2.55. The molecule has 130 valence electrons. The molecule has 1 unspecified atom stereocenters. The van der Waals surface area contributed by atoms with E-state index >= 15 is 0 Å². The van der Waals surface area contributed by atoms with Crippen LogP contribution in [-0.4, -0.2) is 60.8 Å². The highest BCUT2D eigenvalue weighted by Crippen LogP contribution is 2.35. The molecule has 3 rings (SSSR count). The quantitative estimate of drug-likeness (QED) is 0.398. The molecule has 0 saturated carbocycles. The van der Waals surface area contributed by atoms with Gasteiger partial charge in [0.15, 0.2) is 36.0 Å². The lowest BCUT2D eigenvalue weighted by molar-refractivity contribution is -0.352. The number of fused-ring (bicyclic) bond motifs is 1. The van der Waals surface area contributed by atoms with Gasteiger partial charge in [0.2, 0.25) is 0 Å². The molecule has 0 radical (unpaired) electrons. The van der Waals surface area contributed by atoms with Gasteiger partial charge in [-0.05, 0) is 6.92 Å². The van der Waals surface area contributed by atoms with Crippen LogP contribution < -0.4 is 11.1 Å². The maximum atomic E-state index is 12.1. The summed E-state index contributed by atoms with van der Waals surface area (Å²) in [6, 6.07) is 0. The third-order valence-electron chi connectivity index (χ3n) is 3.70. The molecule has 1 aliphatic rings. The fourth-order valence-corrected chi connectivity index (χ4v) is 2.63. The zero-order valence-electron chi connectivity index (χ0n) is 12.6. The van der Waals surface area contributed by atoms with E-state index in [2.05, 4.69) is 30.0 Å². The maximum Gasteiger partial charge on any atom is 0.252 e. The van der Waals surface area contributed by atoms with E-state index in [1.54, 1.807) is 6.92 Å². The summed E-state index contributed by atoms with van der Waals surface area (Å²) in [5, 5.41) is 20.9. The van der Waals surface area contributed by atoms with Gasteiger partial charge in [-0.15, -0.1) is 0 Å². The zero-order valence-corrected chi connectivity index (χ0v) is 12.6. The van der Waals surface area contributed by atoms with Crippen LogP contribution in [0.1, 0.15) is 13.2 Å². The second-order valence-electron chi connectivity index (χ2n) is 5.06. The Hall–Kier alpha value is -2.38. The Morgan fingerprint density at radius 3 is 2.79 bits per heavy atom. The van der Waals surface area contributed by atoms with Crippen LogP contribution in [0.3, 0.4) is 0 Å². The van der Waals surface area contributed by atoms with Gasteiger partial charge < -0.3 is 15.8 Å². The fraction of sp³-hybridized carbons (Fsp3) is 0.500. The Bertz CT molecular complexity index is 738. The van der Waals surface area contributed by atoms with Crippen molar-refractivity contribution in [2.75, 3.05) is 12.3 Å². The Kier molecular flexibility index (Phi) is 4.55. The van der Waals surface area contributed by atoms with Crippen molar-refractivity contribution in [3.05, 3.63) is 12.7 Å². The number of aromatic nitrogens is 4. The molecule has 4 atom stereocenters. The first-order chi connectivity index (χ1) is 11.6. The van der Waals surface area contributed by atoms with Crippen molar-refractivity contribution in [3.8, 4) is 0 Å². The molecule has 1 aliphatic heterocycles. The van der Waals surface area contributed by atoms with Gasteiger partial charge in [0.25, 0.3) is 5.91 Å². The number of amides is 1. The van der Waals surface area contributed by atoms with Crippen LogP contribution in [0, 0.1) is 0 Å². The molecule has 12 heteroatoms. The van der Waals surface area contributed by atoms with Crippen molar-refractivity contribution in [2.45, 2.75) is 31.5 Å². The van der Waals surface area contributed by atoms with Crippen molar-refractivity contribution in [1.82, 2.24) is 24.8 Å². The average Bonchev–Trinajstić information content (AvgIpc) is 3.16. The van der Waals surface area contributed by atoms with Crippen molar-refractivity contribution >= 4 is 22.9 Å². The molecular weight excluding hydrogens is 324 g/mol. The topological polar surface area (TPSA) is 167 Å². The van der Waals surface area contributed by atoms with Gasteiger partial charge in [0.05, 0.1) is 6.33 Å². The minimum absolute atomic E-state index is 0.161. The van der Waals surface area contributed by atoms with E-state index in [4.69, 9.17) is 15.7 Å². The molecule has 1 amide bonds. The highest BCUT2D eigenvalue weighted by atomic mass is 17.1. The van der Waals surface area contributed by atoms with Crippen LogP contribution in [0.25, 0.3) is 11.2 Å². The highest BCUT2D eigenvalue weighted by molar-refractivity contribution is 5.82. The lowest BCUT2D eigenvalue weighted by atomic mass is 10.1. The number of ether oxygens (including phenoxy) is 1. The normalized spacial score (nSPS) is 26.8. The van der Waals surface area contributed by atoms with Crippen LogP contribution in [0.4, 0.5) is 5.82 Å². The zero-order chi connectivity index (χ0) is 17.3. The van der Waals surface area contributed by atoms with Crippen molar-refractivity contribution < 1.29 is 29.8 Å². The van der Waals surface area contributed by atoms with E-state index in [9.17, 15) is 10.1 Å². The first kappa shape index (κ1) is 16.5. The van der Waals surface area contributed by atoms with Crippen molar-refractivity contribution in [2.24, 2.45) is 0 Å². The number of imidazole rings is 1. The summed E-state index contributed by atoms with van der Waals surface area (Å²) in [6.45, 7) is 2.08. The average molecular weight is 340 g/mol. The monoisotopic (exact) mass is 340 g/mol. The Morgan fingerprint density at radius 2 is 2.12 bits per heavy atom. The summed E-state index contributed by atoms with van der Waals surface area (Å²) in [7, 11) is 0. The van der Waals surface area contributed by atoms with Crippen LogP contribution in [0.15, 0.2) is 12.7 Å². The molecule has 1 fully saturated rings. The third-order valence-corrected chi connectivity index (χ3v) is 3.70. The van der Waals surface area contributed by atoms with Gasteiger partial charge in [-0.25, -0.2) is 24.7 Å². The van der Waals surface area contributed by atoms with Gasteiger partial charge in [-0.2, -0.15) is 0 Å². The molecule has 1 saturated heterocycles. The summed E-state index contributed by atoms with van der Waals surface area (Å²) >= 11 is 0. The van der Waals surface area contributed by atoms with E-state index in [0.29, 0.717) is 17.7 Å². The van der Waals surface area contributed by atoms with Gasteiger partial charge in [0, 0.05) is 6.54 Å². The fourth-order valence-electron chi connectivity index (χ4n) is 2.63. The molecule has 2 aromatic heterocycles. The van der Waals surface area contributed by atoms with E-state index < -0.39 is 30.4 Å². The van der Waals surface area contributed by atoms with Gasteiger partial charge in [-0.1, -0.05) is 0 Å². The number of nitrogens with two attached hydrogens (primary N) is 1. The lowest BCUT2D eigenvalue weighted by Gasteiger charge is -2.18. The summed E-state index contributed by atoms with van der Waals surface area (Å²) in [5.74, 6) is -0.367. The van der Waals surface area contributed by atoms with E-state index in [1.165, 1.54) is 17.2 Å². The Morgan fingerprint density at radius 1 is 1.38 bits per heavy atom. The minimum atomic E-state index is -1.26. The second-order valence-corrected chi connectivity index (χ2v) is 5.06. The van der Waals surface area contributed by atoms with E-state index in [0.717, 1.165) is 0 Å². The van der Waals surface area contributed by atoms with Crippen LogP contribution in [0.2, 0.25) is 0 Å². The number of anilines is 1. The van der Waals surface area contributed by atoms with Crippen LogP contribution in [-0.2, 0) is 19.3 Å². The molecule has 12 nitrogen and oxygen atoms in total. The van der Waals surface area contributed by atoms with Crippen LogP contribution in [0.5, 0.6) is 0 Å². The van der Waals surface area contributed by atoms with E-state index in [1.807, 2.05) is 0 Å². The number of nitrogen functional groups attached to an aromatic ring is 1. The van der Waals surface area contributed by atoms with E-state index in [-0.39, 0.29) is 5.82 Å². The van der Waals surface area contributed by atoms with Crippen molar-refractivity contribution in [3.63, 3.8) is 0 Å². The number of likely N-dealkylation sites (N-methyl/N-ethyl adjacent to an activating group) is 1. The summed E-state index contributed by atoms with van der Waals surface area (Å²) in [6.07, 6.45) is -2.14. The number of carbonyl (C=O) groups excluding carboxylic acids is 1. The summed E-state index contributed by atoms with van der Waals surface area (Å²) in [5.41, 5.74) is 6.35.